The summed E-state index contributed by atoms with van der Waals surface area (Å²) in [7, 11) is -5.96. The molecule has 0 aromatic carbocycles. The number of hydrogen-bond acceptors (Lipinski definition) is 6. The SMILES string of the molecule is CN1Cc2cc(S(N)(=O)=O)sc2S(=O)(=O)N1. The summed E-state index contributed by atoms with van der Waals surface area (Å²) in [5.41, 5.74) is 0.440. The van der Waals surface area contributed by atoms with Gasteiger partial charge in [0.05, 0.1) is 0 Å². The number of hydrazine groups is 1. The van der Waals surface area contributed by atoms with Gasteiger partial charge in [-0.25, -0.2) is 27.0 Å². The van der Waals surface area contributed by atoms with Gasteiger partial charge in [-0.1, -0.05) is 0 Å². The van der Waals surface area contributed by atoms with Crippen molar-refractivity contribution < 1.29 is 16.8 Å². The first-order valence-electron chi connectivity index (χ1n) is 4.09. The lowest BCUT2D eigenvalue weighted by Crippen LogP contribution is -2.42. The Morgan fingerprint density at radius 3 is 2.75 bits per heavy atom. The number of nitrogens with one attached hydrogen (secondary N) is 1. The Labute approximate surface area is 96.9 Å². The molecule has 1 aliphatic heterocycles. The van der Waals surface area contributed by atoms with Gasteiger partial charge in [0.2, 0.25) is 10.0 Å². The van der Waals surface area contributed by atoms with Crippen LogP contribution in [0, 0.1) is 0 Å². The first-order chi connectivity index (χ1) is 7.20. The normalized spacial score (nSPS) is 20.6. The van der Waals surface area contributed by atoms with E-state index in [0.717, 1.165) is 0 Å². The highest BCUT2D eigenvalue weighted by molar-refractivity contribution is 7.94. The molecule has 0 spiro atoms. The molecular formula is C6H9N3O4S3. The van der Waals surface area contributed by atoms with Crippen LogP contribution in [0.15, 0.2) is 14.5 Å². The van der Waals surface area contributed by atoms with E-state index in [0.29, 0.717) is 23.4 Å². The fourth-order valence-corrected chi connectivity index (χ4v) is 5.06. The summed E-state index contributed by atoms with van der Waals surface area (Å²) in [5, 5.41) is 6.30. The molecule has 0 atom stereocenters. The highest BCUT2D eigenvalue weighted by atomic mass is 32.3. The van der Waals surface area contributed by atoms with Gasteiger partial charge in [-0.15, -0.1) is 16.2 Å². The molecule has 0 saturated carbocycles. The van der Waals surface area contributed by atoms with Crippen LogP contribution in [0.2, 0.25) is 0 Å². The van der Waals surface area contributed by atoms with Crippen LogP contribution in [0.25, 0.3) is 0 Å². The quantitative estimate of drug-likeness (QED) is 0.689. The van der Waals surface area contributed by atoms with Crippen LogP contribution < -0.4 is 9.97 Å². The van der Waals surface area contributed by atoms with Gasteiger partial charge in [0, 0.05) is 19.2 Å². The minimum atomic E-state index is -3.86. The average molecular weight is 283 g/mol. The topological polar surface area (TPSA) is 110 Å². The third kappa shape index (κ3) is 1.99. The fraction of sp³-hybridized carbons (Fsp3) is 0.333. The van der Waals surface area contributed by atoms with Crippen LogP contribution in [0.3, 0.4) is 0 Å². The van der Waals surface area contributed by atoms with Crippen LogP contribution >= 0.6 is 11.3 Å². The van der Waals surface area contributed by atoms with Gasteiger partial charge in [-0.05, 0) is 6.07 Å². The van der Waals surface area contributed by atoms with Crippen molar-refractivity contribution in [2.75, 3.05) is 7.05 Å². The molecule has 0 fully saturated rings. The van der Waals surface area contributed by atoms with Crippen LogP contribution in [-0.4, -0.2) is 28.9 Å². The summed E-state index contributed by atoms with van der Waals surface area (Å²) >= 11 is 0.661. The third-order valence-corrected chi connectivity index (χ3v) is 6.56. The standard InChI is InChI=1S/C6H9N3O4S3/c1-9-3-4-2-5(15(7,10)11)14-6(4)16(12,13)8-9/h2,8H,3H2,1H3,(H2,7,10,11). The molecule has 10 heteroatoms. The van der Waals surface area contributed by atoms with Gasteiger partial charge < -0.3 is 0 Å². The lowest BCUT2D eigenvalue weighted by Gasteiger charge is -2.22. The van der Waals surface area contributed by atoms with Crippen molar-refractivity contribution in [1.29, 1.82) is 0 Å². The van der Waals surface area contributed by atoms with Crippen molar-refractivity contribution in [2.45, 2.75) is 15.0 Å². The molecule has 1 aromatic heterocycles. The molecule has 7 nitrogen and oxygen atoms in total. The highest BCUT2D eigenvalue weighted by Crippen LogP contribution is 2.32. The summed E-state index contributed by atoms with van der Waals surface area (Å²) in [6.45, 7) is 0.306. The van der Waals surface area contributed by atoms with Crippen molar-refractivity contribution in [3.63, 3.8) is 0 Å². The van der Waals surface area contributed by atoms with Crippen molar-refractivity contribution in [3.8, 4) is 0 Å². The minimum Gasteiger partial charge on any atom is -0.229 e. The van der Waals surface area contributed by atoms with Gasteiger partial charge in [-0.3, -0.25) is 0 Å². The van der Waals surface area contributed by atoms with Crippen LogP contribution in [0.1, 0.15) is 5.56 Å². The van der Waals surface area contributed by atoms with Crippen molar-refractivity contribution >= 4 is 31.4 Å². The van der Waals surface area contributed by atoms with E-state index >= 15 is 0 Å². The van der Waals surface area contributed by atoms with Gasteiger partial charge in [-0.2, -0.15) is 0 Å². The van der Waals surface area contributed by atoms with E-state index in [9.17, 15) is 16.8 Å². The number of thiophene rings is 1. The number of hydrogen-bond donors (Lipinski definition) is 2. The molecule has 0 radical (unpaired) electrons. The van der Waals surface area contributed by atoms with E-state index in [1.807, 2.05) is 0 Å². The van der Waals surface area contributed by atoms with Gasteiger partial charge >= 0.3 is 0 Å². The zero-order chi connectivity index (χ0) is 12.1. The van der Waals surface area contributed by atoms with Gasteiger partial charge in [0.25, 0.3) is 10.0 Å². The van der Waals surface area contributed by atoms with E-state index in [2.05, 4.69) is 4.83 Å². The van der Waals surface area contributed by atoms with Crippen LogP contribution in [0.4, 0.5) is 0 Å². The van der Waals surface area contributed by atoms with Gasteiger partial charge in [0.1, 0.15) is 8.42 Å². The first kappa shape index (κ1) is 12.0. The summed E-state index contributed by atoms with van der Waals surface area (Å²) in [6, 6.07) is 1.30. The largest absolute Gasteiger partial charge is 0.263 e. The number of fused-ring (bicyclic) bond motifs is 1. The second-order valence-electron chi connectivity index (χ2n) is 3.37. The first-order valence-corrected chi connectivity index (χ1v) is 7.94. The van der Waals surface area contributed by atoms with E-state index in [1.165, 1.54) is 11.1 Å². The maximum Gasteiger partial charge on any atom is 0.263 e. The zero-order valence-corrected chi connectivity index (χ0v) is 10.6. The number of primary sulfonamides is 1. The Morgan fingerprint density at radius 2 is 2.19 bits per heavy atom. The maximum atomic E-state index is 11.6. The number of nitrogens with zero attached hydrogens (tertiary/aromatic N) is 1. The second-order valence-corrected chi connectivity index (χ2v) is 8.07. The van der Waals surface area contributed by atoms with Crippen molar-refractivity contribution in [3.05, 3.63) is 11.6 Å². The Morgan fingerprint density at radius 1 is 1.56 bits per heavy atom. The molecule has 0 saturated heterocycles. The average Bonchev–Trinajstić information content (AvgIpc) is 2.45. The molecule has 0 unspecified atom stereocenters. The van der Waals surface area contributed by atoms with Crippen molar-refractivity contribution in [1.82, 2.24) is 9.84 Å². The van der Waals surface area contributed by atoms with Crippen LogP contribution in [0.5, 0.6) is 0 Å². The monoisotopic (exact) mass is 283 g/mol. The summed E-state index contributed by atoms with van der Waals surface area (Å²) in [5.74, 6) is 0. The van der Waals surface area contributed by atoms with Crippen LogP contribution in [-0.2, 0) is 26.6 Å². The minimum absolute atomic E-state index is 0.00891. The summed E-state index contributed by atoms with van der Waals surface area (Å²) < 4.78 is 45.4. The Bertz CT molecular complexity index is 630. The Balaban J connectivity index is 2.66. The molecule has 2 rings (SSSR count). The molecule has 1 aromatic rings. The molecule has 0 aliphatic carbocycles. The van der Waals surface area contributed by atoms with E-state index < -0.39 is 20.0 Å². The predicted molar refractivity (Wildman–Crippen MR) is 57.5 cm³/mol. The second kappa shape index (κ2) is 3.48. The lowest BCUT2D eigenvalue weighted by atomic mass is 10.3. The van der Waals surface area contributed by atoms with E-state index in [4.69, 9.17) is 5.14 Å². The maximum absolute atomic E-state index is 11.6. The molecule has 16 heavy (non-hydrogen) atoms. The predicted octanol–water partition coefficient (Wildman–Crippen LogP) is -0.966. The molecule has 1 aliphatic rings. The lowest BCUT2D eigenvalue weighted by molar-refractivity contribution is 0.278. The Kier molecular flexibility index (Phi) is 2.60. The zero-order valence-electron chi connectivity index (χ0n) is 8.17. The number of sulfonamides is 2. The molecule has 90 valence electrons. The summed E-state index contributed by atoms with van der Waals surface area (Å²) in [6.07, 6.45) is 0. The smallest absolute Gasteiger partial charge is 0.229 e. The van der Waals surface area contributed by atoms with Crippen molar-refractivity contribution in [2.24, 2.45) is 5.14 Å². The molecular weight excluding hydrogens is 274 g/mol. The highest BCUT2D eigenvalue weighted by Gasteiger charge is 2.31. The molecule has 2 heterocycles. The fourth-order valence-electron chi connectivity index (χ4n) is 1.40. The van der Waals surface area contributed by atoms with E-state index in [1.54, 1.807) is 7.05 Å². The molecule has 0 amide bonds. The Hall–Kier alpha value is -0.520. The molecule has 0 bridgehead atoms. The number of nitrogens with two attached hydrogens (primary N) is 1. The van der Waals surface area contributed by atoms with Gasteiger partial charge in [0.15, 0.2) is 0 Å². The molecule has 3 N–H and O–H groups in total. The van der Waals surface area contributed by atoms with E-state index in [-0.39, 0.29) is 8.42 Å². The summed E-state index contributed by atoms with van der Waals surface area (Å²) in [4.78, 5) is 2.26. The third-order valence-electron chi connectivity index (χ3n) is 1.96. The number of rotatable bonds is 1.